The highest BCUT2D eigenvalue weighted by Gasteiger charge is 2.48. The zero-order valence-electron chi connectivity index (χ0n) is 17.8. The summed E-state index contributed by atoms with van der Waals surface area (Å²) in [5, 5.41) is 8.71. The molecule has 2 aromatic rings. The molecule has 2 aliphatic rings. The van der Waals surface area contributed by atoms with Gasteiger partial charge in [-0.2, -0.15) is 4.31 Å². The molecular formula is C21H30N4O3S. The zero-order valence-corrected chi connectivity index (χ0v) is 18.6. The predicted octanol–water partition coefficient (Wildman–Crippen LogP) is 3.45. The minimum absolute atomic E-state index is 0.00782. The van der Waals surface area contributed by atoms with Crippen molar-refractivity contribution in [2.75, 3.05) is 7.11 Å². The molecule has 2 unspecified atom stereocenters. The molecule has 0 N–H and O–H groups in total. The molecule has 0 spiro atoms. The summed E-state index contributed by atoms with van der Waals surface area (Å²) in [6.45, 7) is 8.24. The lowest BCUT2D eigenvalue weighted by atomic mass is 9.93. The van der Waals surface area contributed by atoms with Gasteiger partial charge in [-0.25, -0.2) is 13.1 Å². The third-order valence-electron chi connectivity index (χ3n) is 6.24. The molecular weight excluding hydrogens is 388 g/mol. The van der Waals surface area contributed by atoms with Crippen molar-refractivity contribution < 1.29 is 13.2 Å². The second kappa shape index (κ2) is 7.09. The summed E-state index contributed by atoms with van der Waals surface area (Å²) in [7, 11) is -1.94. The van der Waals surface area contributed by atoms with E-state index in [2.05, 4.69) is 31.1 Å². The van der Waals surface area contributed by atoms with Crippen LogP contribution in [0.5, 0.6) is 5.75 Å². The van der Waals surface area contributed by atoms with Crippen LogP contribution in [0.4, 0.5) is 0 Å². The van der Waals surface area contributed by atoms with Gasteiger partial charge < -0.3 is 4.74 Å². The van der Waals surface area contributed by atoms with E-state index in [-0.39, 0.29) is 23.5 Å². The van der Waals surface area contributed by atoms with Gasteiger partial charge in [0.15, 0.2) is 0 Å². The van der Waals surface area contributed by atoms with Gasteiger partial charge in [0.05, 0.1) is 23.7 Å². The number of methoxy groups -OCH3 is 1. The fraction of sp³-hybridized carbons (Fsp3) is 0.619. The maximum absolute atomic E-state index is 13.4. The molecule has 7 nitrogen and oxygen atoms in total. The van der Waals surface area contributed by atoms with Crippen LogP contribution in [-0.2, 0) is 15.4 Å². The maximum atomic E-state index is 13.4. The van der Waals surface area contributed by atoms with Gasteiger partial charge in [-0.05, 0) is 56.4 Å². The van der Waals surface area contributed by atoms with Crippen molar-refractivity contribution in [1.82, 2.24) is 19.3 Å². The fourth-order valence-electron chi connectivity index (χ4n) is 4.65. The Labute approximate surface area is 173 Å². The van der Waals surface area contributed by atoms with Crippen LogP contribution in [0, 0.1) is 6.92 Å². The summed E-state index contributed by atoms with van der Waals surface area (Å²) in [6.07, 6.45) is 5.38. The second-order valence-corrected chi connectivity index (χ2v) is 11.2. The minimum atomic E-state index is -3.54. The van der Waals surface area contributed by atoms with Gasteiger partial charge in [0, 0.05) is 23.7 Å². The van der Waals surface area contributed by atoms with Crippen molar-refractivity contribution in [3.8, 4) is 5.75 Å². The maximum Gasteiger partial charge on any atom is 0.243 e. The first-order valence-corrected chi connectivity index (χ1v) is 11.7. The lowest BCUT2D eigenvalue weighted by Crippen LogP contribution is -2.46. The number of aromatic nitrogens is 3. The van der Waals surface area contributed by atoms with E-state index in [0.717, 1.165) is 36.9 Å². The molecule has 158 valence electrons. The van der Waals surface area contributed by atoms with Gasteiger partial charge in [-0.15, -0.1) is 5.10 Å². The third kappa shape index (κ3) is 3.57. The minimum Gasteiger partial charge on any atom is -0.496 e. The van der Waals surface area contributed by atoms with Crippen LogP contribution in [-0.4, -0.2) is 46.9 Å². The molecule has 2 atom stereocenters. The van der Waals surface area contributed by atoms with E-state index in [1.165, 1.54) is 0 Å². The molecule has 2 bridgehead atoms. The number of benzene rings is 1. The zero-order chi connectivity index (χ0) is 21.0. The highest BCUT2D eigenvalue weighted by Crippen LogP contribution is 2.44. The van der Waals surface area contributed by atoms with Gasteiger partial charge in [0.25, 0.3) is 0 Å². The van der Waals surface area contributed by atoms with Crippen molar-refractivity contribution in [2.45, 2.75) is 81.8 Å². The quantitative estimate of drug-likeness (QED) is 0.760. The van der Waals surface area contributed by atoms with Gasteiger partial charge in [-0.3, -0.25) is 0 Å². The number of rotatable bonds is 4. The number of aryl methyl sites for hydroxylation is 1. The van der Waals surface area contributed by atoms with Crippen molar-refractivity contribution >= 4 is 10.0 Å². The van der Waals surface area contributed by atoms with E-state index < -0.39 is 10.0 Å². The Bertz CT molecular complexity index is 995. The number of sulfonamides is 1. The molecule has 3 heterocycles. The Morgan fingerprint density at radius 2 is 1.76 bits per heavy atom. The summed E-state index contributed by atoms with van der Waals surface area (Å²) in [5.41, 5.74) is 1.75. The van der Waals surface area contributed by atoms with E-state index in [0.29, 0.717) is 10.6 Å². The summed E-state index contributed by atoms with van der Waals surface area (Å²) in [6, 6.07) is 5.31. The van der Waals surface area contributed by atoms with Crippen LogP contribution in [0.1, 0.15) is 63.8 Å². The Kier molecular flexibility index (Phi) is 4.98. The molecule has 0 radical (unpaired) electrons. The van der Waals surface area contributed by atoms with E-state index in [1.807, 2.05) is 17.8 Å². The highest BCUT2D eigenvalue weighted by molar-refractivity contribution is 7.89. The second-order valence-electron chi connectivity index (χ2n) is 9.31. The molecule has 2 saturated heterocycles. The van der Waals surface area contributed by atoms with Gasteiger partial charge in [0.1, 0.15) is 5.75 Å². The molecule has 2 aliphatic heterocycles. The van der Waals surface area contributed by atoms with E-state index in [4.69, 9.17) is 4.74 Å². The Balaban J connectivity index is 1.58. The first-order chi connectivity index (χ1) is 13.6. The average molecular weight is 419 g/mol. The summed E-state index contributed by atoms with van der Waals surface area (Å²) in [5.74, 6) is 0.700. The standard InChI is InChI=1S/C21H30N4O3S/c1-14-10-18(8-9-19(14)28-5)29(26,27)25-15-6-7-16(25)12-17(11-15)24-13-20(22-23-24)21(2,3)4/h8-10,13,15-17H,6-7,11-12H2,1-5H3. The number of piperidine rings is 1. The van der Waals surface area contributed by atoms with Crippen LogP contribution in [0.2, 0.25) is 0 Å². The number of ether oxygens (including phenoxy) is 1. The van der Waals surface area contributed by atoms with Crippen molar-refractivity contribution in [1.29, 1.82) is 0 Å². The van der Waals surface area contributed by atoms with Gasteiger partial charge >= 0.3 is 0 Å². The largest absolute Gasteiger partial charge is 0.496 e. The average Bonchev–Trinajstić information content (AvgIpc) is 3.25. The molecule has 29 heavy (non-hydrogen) atoms. The van der Waals surface area contributed by atoms with Gasteiger partial charge in [-0.1, -0.05) is 26.0 Å². The lowest BCUT2D eigenvalue weighted by Gasteiger charge is -2.37. The highest BCUT2D eigenvalue weighted by atomic mass is 32.2. The van der Waals surface area contributed by atoms with E-state index in [9.17, 15) is 8.42 Å². The lowest BCUT2D eigenvalue weighted by molar-refractivity contribution is 0.183. The smallest absolute Gasteiger partial charge is 0.243 e. The van der Waals surface area contributed by atoms with Crippen LogP contribution in [0.25, 0.3) is 0 Å². The van der Waals surface area contributed by atoms with Crippen molar-refractivity contribution in [3.05, 3.63) is 35.7 Å². The number of hydrogen-bond donors (Lipinski definition) is 0. The summed E-state index contributed by atoms with van der Waals surface area (Å²) in [4.78, 5) is 0.349. The fourth-order valence-corrected chi connectivity index (χ4v) is 6.62. The molecule has 0 saturated carbocycles. The third-order valence-corrected chi connectivity index (χ3v) is 8.24. The monoisotopic (exact) mass is 418 g/mol. The molecule has 0 amide bonds. The van der Waals surface area contributed by atoms with Crippen LogP contribution in [0.3, 0.4) is 0 Å². The van der Waals surface area contributed by atoms with Crippen LogP contribution in [0.15, 0.2) is 29.3 Å². The van der Waals surface area contributed by atoms with Crippen LogP contribution < -0.4 is 4.74 Å². The number of nitrogens with zero attached hydrogens (tertiary/aromatic N) is 4. The van der Waals surface area contributed by atoms with Crippen molar-refractivity contribution in [3.63, 3.8) is 0 Å². The topological polar surface area (TPSA) is 77.3 Å². The summed E-state index contributed by atoms with van der Waals surface area (Å²) >= 11 is 0. The van der Waals surface area contributed by atoms with E-state index >= 15 is 0 Å². The first-order valence-electron chi connectivity index (χ1n) is 10.2. The first kappa shape index (κ1) is 20.3. The number of fused-ring (bicyclic) bond motifs is 2. The Morgan fingerprint density at radius 3 is 2.28 bits per heavy atom. The molecule has 1 aromatic carbocycles. The van der Waals surface area contributed by atoms with Gasteiger partial charge in [0.2, 0.25) is 10.0 Å². The normalized spacial score (nSPS) is 25.3. The number of hydrogen-bond acceptors (Lipinski definition) is 5. The molecule has 2 fully saturated rings. The van der Waals surface area contributed by atoms with E-state index in [1.54, 1.807) is 29.6 Å². The SMILES string of the molecule is COc1ccc(S(=O)(=O)N2C3CCC2CC(n2cc(C(C)(C)C)nn2)C3)cc1C. The molecule has 0 aliphatic carbocycles. The summed E-state index contributed by atoms with van der Waals surface area (Å²) < 4.78 is 35.8. The Morgan fingerprint density at radius 1 is 1.10 bits per heavy atom. The molecule has 4 rings (SSSR count). The Hall–Kier alpha value is -1.93. The van der Waals surface area contributed by atoms with Crippen molar-refractivity contribution in [2.24, 2.45) is 0 Å². The van der Waals surface area contributed by atoms with Crippen LogP contribution >= 0.6 is 0 Å². The predicted molar refractivity (Wildman–Crippen MR) is 111 cm³/mol. The molecule has 8 heteroatoms. The molecule has 1 aromatic heterocycles.